The number of benzene rings is 3. The van der Waals surface area contributed by atoms with Crippen LogP contribution in [-0.4, -0.2) is 40.7 Å². The van der Waals surface area contributed by atoms with Gasteiger partial charge in [0.1, 0.15) is 11.2 Å². The second-order valence-corrected chi connectivity index (χ2v) is 7.86. The number of para-hydroxylation sites is 1. The van der Waals surface area contributed by atoms with Crippen molar-refractivity contribution in [2.75, 3.05) is 21.3 Å². The van der Waals surface area contributed by atoms with Crippen LogP contribution in [0.1, 0.15) is 5.56 Å². The number of ether oxygens (including phenoxy) is 3. The van der Waals surface area contributed by atoms with Crippen molar-refractivity contribution in [1.29, 1.82) is 0 Å². The number of hydrogen-bond acceptors (Lipinski definition) is 6. The first kappa shape index (κ1) is 22.2. The van der Waals surface area contributed by atoms with E-state index in [9.17, 15) is 4.79 Å². The Hall–Kier alpha value is -4.59. The van der Waals surface area contributed by atoms with Gasteiger partial charge in [0, 0.05) is 5.56 Å². The Balaban J connectivity index is 1.81. The summed E-state index contributed by atoms with van der Waals surface area (Å²) >= 11 is 0. The van der Waals surface area contributed by atoms with Crippen molar-refractivity contribution in [2.45, 2.75) is 6.54 Å². The quantitative estimate of drug-likeness (QED) is 0.354. The topological polar surface area (TPSA) is 80.4 Å². The lowest BCUT2D eigenvalue weighted by molar-refractivity contribution is 0.324. The molecule has 5 rings (SSSR count). The molecule has 0 aliphatic rings. The van der Waals surface area contributed by atoms with Crippen molar-refractivity contribution < 1.29 is 14.2 Å². The predicted octanol–water partition coefficient (Wildman–Crippen LogP) is 4.32. The molecule has 0 amide bonds. The Morgan fingerprint density at radius 2 is 1.46 bits per heavy atom. The monoisotopic (exact) mass is 468 g/mol. The zero-order valence-electron chi connectivity index (χ0n) is 19.6. The summed E-state index contributed by atoms with van der Waals surface area (Å²) in [5.74, 6) is 1.87. The second-order valence-electron chi connectivity index (χ2n) is 7.86. The molecule has 0 fully saturated rings. The Bertz CT molecular complexity index is 1520. The van der Waals surface area contributed by atoms with Crippen molar-refractivity contribution in [1.82, 2.24) is 19.3 Å². The maximum Gasteiger partial charge on any atom is 0.265 e. The normalized spacial score (nSPS) is 10.9. The van der Waals surface area contributed by atoms with Crippen LogP contribution in [-0.2, 0) is 6.54 Å². The van der Waals surface area contributed by atoms with Gasteiger partial charge in [-0.25, -0.2) is 9.67 Å². The van der Waals surface area contributed by atoms with E-state index in [-0.39, 0.29) is 5.56 Å². The summed E-state index contributed by atoms with van der Waals surface area (Å²) in [6.07, 6.45) is 1.57. The molecule has 0 aliphatic heterocycles. The Morgan fingerprint density at radius 3 is 2.06 bits per heavy atom. The van der Waals surface area contributed by atoms with E-state index in [4.69, 9.17) is 19.2 Å². The summed E-state index contributed by atoms with van der Waals surface area (Å²) in [6, 6.07) is 23.0. The minimum Gasteiger partial charge on any atom is -0.493 e. The number of hydrogen-bond donors (Lipinski definition) is 0. The van der Waals surface area contributed by atoms with Crippen LogP contribution in [0.15, 0.2) is 83.8 Å². The molecule has 0 saturated carbocycles. The van der Waals surface area contributed by atoms with Gasteiger partial charge < -0.3 is 14.2 Å². The summed E-state index contributed by atoms with van der Waals surface area (Å²) < 4.78 is 19.9. The van der Waals surface area contributed by atoms with Gasteiger partial charge in [-0.1, -0.05) is 48.5 Å². The van der Waals surface area contributed by atoms with Crippen molar-refractivity contribution in [3.8, 4) is 34.3 Å². The van der Waals surface area contributed by atoms with Crippen molar-refractivity contribution in [3.05, 3.63) is 94.9 Å². The number of methoxy groups -OCH3 is 3. The summed E-state index contributed by atoms with van der Waals surface area (Å²) in [5.41, 5.74) is 2.71. The van der Waals surface area contributed by atoms with E-state index < -0.39 is 0 Å². The molecule has 0 bridgehead atoms. The molecule has 0 unspecified atom stereocenters. The molecule has 0 spiro atoms. The minimum absolute atomic E-state index is 0.190. The Morgan fingerprint density at radius 1 is 0.829 bits per heavy atom. The van der Waals surface area contributed by atoms with Gasteiger partial charge in [0.15, 0.2) is 17.1 Å². The average molecular weight is 469 g/mol. The molecular weight excluding hydrogens is 444 g/mol. The minimum atomic E-state index is -0.190. The van der Waals surface area contributed by atoms with Gasteiger partial charge in [-0.2, -0.15) is 5.10 Å². The third-order valence-electron chi connectivity index (χ3n) is 5.79. The summed E-state index contributed by atoms with van der Waals surface area (Å²) in [4.78, 5) is 18.7. The van der Waals surface area contributed by atoms with E-state index >= 15 is 0 Å². The predicted molar refractivity (Wildman–Crippen MR) is 134 cm³/mol. The molecule has 2 aromatic heterocycles. The second kappa shape index (κ2) is 9.34. The van der Waals surface area contributed by atoms with Crippen LogP contribution in [0.5, 0.6) is 17.2 Å². The van der Waals surface area contributed by atoms with Crippen LogP contribution < -0.4 is 19.8 Å². The maximum absolute atomic E-state index is 13.8. The summed E-state index contributed by atoms with van der Waals surface area (Å²) in [5, 5.41) is 4.91. The van der Waals surface area contributed by atoms with Crippen LogP contribution in [0, 0.1) is 0 Å². The van der Waals surface area contributed by atoms with E-state index in [1.165, 1.54) is 0 Å². The summed E-state index contributed by atoms with van der Waals surface area (Å²) in [7, 11) is 4.66. The molecule has 8 heteroatoms. The zero-order chi connectivity index (χ0) is 24.4. The fourth-order valence-corrected chi connectivity index (χ4v) is 4.10. The van der Waals surface area contributed by atoms with Gasteiger partial charge in [0.2, 0.25) is 5.75 Å². The van der Waals surface area contributed by atoms with Gasteiger partial charge in [0.05, 0.1) is 39.8 Å². The molecular formula is C27H24N4O4. The molecule has 0 radical (unpaired) electrons. The highest BCUT2D eigenvalue weighted by atomic mass is 16.5. The molecule has 0 N–H and O–H groups in total. The fraction of sp³-hybridized carbons (Fsp3) is 0.148. The smallest absolute Gasteiger partial charge is 0.265 e. The van der Waals surface area contributed by atoms with Crippen LogP contribution in [0.2, 0.25) is 0 Å². The number of rotatable bonds is 7. The largest absolute Gasteiger partial charge is 0.493 e. The first-order valence-corrected chi connectivity index (χ1v) is 11.0. The highest BCUT2D eigenvalue weighted by Gasteiger charge is 2.21. The summed E-state index contributed by atoms with van der Waals surface area (Å²) in [6.45, 7) is 0.338. The van der Waals surface area contributed by atoms with Crippen LogP contribution >= 0.6 is 0 Å². The third kappa shape index (κ3) is 3.99. The van der Waals surface area contributed by atoms with Gasteiger partial charge in [-0.3, -0.25) is 9.36 Å². The maximum atomic E-state index is 13.8. The highest BCUT2D eigenvalue weighted by molar-refractivity contribution is 5.79. The van der Waals surface area contributed by atoms with Gasteiger partial charge in [-0.05, 0) is 29.8 Å². The van der Waals surface area contributed by atoms with Crippen LogP contribution in [0.3, 0.4) is 0 Å². The lowest BCUT2D eigenvalue weighted by Gasteiger charge is -2.17. The Labute approximate surface area is 202 Å². The van der Waals surface area contributed by atoms with Crippen molar-refractivity contribution >= 4 is 11.0 Å². The molecule has 0 saturated heterocycles. The molecule has 8 nitrogen and oxygen atoms in total. The molecule has 2 heterocycles. The number of aromatic nitrogens is 4. The first-order chi connectivity index (χ1) is 17.1. The Kier molecular flexibility index (Phi) is 5.93. The molecule has 3 aromatic carbocycles. The van der Waals surface area contributed by atoms with Gasteiger partial charge >= 0.3 is 0 Å². The fourth-order valence-electron chi connectivity index (χ4n) is 4.10. The van der Waals surface area contributed by atoms with Gasteiger partial charge in [0.25, 0.3) is 5.56 Å². The SMILES string of the molecule is COc1cc(-c2nc3c(cnn3-c3ccccc3)c(=O)n2Cc2ccccc2)cc(OC)c1OC. The molecule has 176 valence electrons. The van der Waals surface area contributed by atoms with Crippen LogP contribution in [0.25, 0.3) is 28.1 Å². The molecule has 35 heavy (non-hydrogen) atoms. The standard InChI is InChI=1S/C27H24N4O4/c1-33-22-14-19(15-23(34-2)24(22)35-3)25-29-26-21(16-28-31(26)20-12-8-5-9-13-20)27(32)30(25)17-18-10-6-4-7-11-18/h4-16H,17H2,1-3H3. The highest BCUT2D eigenvalue weighted by Crippen LogP contribution is 2.41. The van der Waals surface area contributed by atoms with E-state index in [1.54, 1.807) is 48.9 Å². The van der Waals surface area contributed by atoms with E-state index in [0.717, 1.165) is 11.3 Å². The van der Waals surface area contributed by atoms with E-state index in [0.29, 0.717) is 46.2 Å². The molecule has 0 atom stereocenters. The van der Waals surface area contributed by atoms with Crippen LogP contribution in [0.4, 0.5) is 0 Å². The van der Waals surface area contributed by atoms with Gasteiger partial charge in [-0.15, -0.1) is 0 Å². The third-order valence-corrected chi connectivity index (χ3v) is 5.79. The number of fused-ring (bicyclic) bond motifs is 1. The average Bonchev–Trinajstić information content (AvgIpc) is 3.34. The molecule has 0 aliphatic carbocycles. The lowest BCUT2D eigenvalue weighted by atomic mass is 10.1. The van der Waals surface area contributed by atoms with E-state index in [2.05, 4.69) is 5.10 Å². The molecule has 5 aromatic rings. The number of nitrogens with zero attached hydrogens (tertiary/aromatic N) is 4. The van der Waals surface area contributed by atoms with E-state index in [1.807, 2.05) is 60.7 Å². The van der Waals surface area contributed by atoms with Crippen molar-refractivity contribution in [2.24, 2.45) is 0 Å². The lowest BCUT2D eigenvalue weighted by Crippen LogP contribution is -2.24. The first-order valence-electron chi connectivity index (χ1n) is 11.0. The van der Waals surface area contributed by atoms with Crippen molar-refractivity contribution in [3.63, 3.8) is 0 Å². The zero-order valence-corrected chi connectivity index (χ0v) is 19.6.